The van der Waals surface area contributed by atoms with Gasteiger partial charge in [0.1, 0.15) is 11.6 Å². The first-order valence-corrected chi connectivity index (χ1v) is 3.92. The Morgan fingerprint density at radius 2 is 2.21 bits per heavy atom. The van der Waals surface area contributed by atoms with E-state index < -0.39 is 11.7 Å². The zero-order valence-corrected chi connectivity index (χ0v) is 7.95. The van der Waals surface area contributed by atoms with E-state index in [1.807, 2.05) is 0 Å². The molecule has 5 heteroatoms. The van der Waals surface area contributed by atoms with Gasteiger partial charge >= 0.3 is 0 Å². The van der Waals surface area contributed by atoms with Gasteiger partial charge in [0, 0.05) is 13.1 Å². The lowest BCUT2D eigenvalue weighted by atomic mass is 10.2. The second kappa shape index (κ2) is 4.06. The van der Waals surface area contributed by atoms with Crippen LogP contribution in [0.15, 0.2) is 18.2 Å². The molecule has 0 saturated carbocycles. The van der Waals surface area contributed by atoms with E-state index in [1.54, 1.807) is 0 Å². The number of amides is 1. The van der Waals surface area contributed by atoms with Crippen molar-refractivity contribution in [1.29, 1.82) is 0 Å². The lowest BCUT2D eigenvalue weighted by Gasteiger charge is -2.10. The summed E-state index contributed by atoms with van der Waals surface area (Å²) in [5, 5.41) is 0.824. The van der Waals surface area contributed by atoms with Crippen LogP contribution in [-0.2, 0) is 0 Å². The number of benzene rings is 1. The molecule has 1 aromatic rings. The number of hydrazine groups is 1. The smallest absolute Gasteiger partial charge is 0.270 e. The summed E-state index contributed by atoms with van der Waals surface area (Å²) in [6, 6.07) is 3.97. The highest BCUT2D eigenvalue weighted by molar-refractivity contribution is 5.94. The molecule has 0 atom stereocenters. The molecule has 0 aromatic heterocycles. The monoisotopic (exact) mass is 198 g/mol. The van der Waals surface area contributed by atoms with Gasteiger partial charge < -0.3 is 4.74 Å². The summed E-state index contributed by atoms with van der Waals surface area (Å²) >= 11 is 0. The number of halogens is 1. The van der Waals surface area contributed by atoms with Gasteiger partial charge in [0.25, 0.3) is 5.91 Å². The Labute approximate surface area is 81.0 Å². The second-order valence-electron chi connectivity index (χ2n) is 2.76. The summed E-state index contributed by atoms with van der Waals surface area (Å²) < 4.78 is 18.1. The summed E-state index contributed by atoms with van der Waals surface area (Å²) in [4.78, 5) is 11.3. The minimum absolute atomic E-state index is 0.0733. The van der Waals surface area contributed by atoms with Crippen molar-refractivity contribution >= 4 is 5.91 Å². The Balaban J connectivity index is 3.06. The van der Waals surface area contributed by atoms with Crippen molar-refractivity contribution in [2.45, 2.75) is 0 Å². The Hall–Kier alpha value is -1.62. The van der Waals surface area contributed by atoms with E-state index in [9.17, 15) is 9.18 Å². The van der Waals surface area contributed by atoms with Crippen LogP contribution in [0.3, 0.4) is 0 Å². The summed E-state index contributed by atoms with van der Waals surface area (Å²) in [6.07, 6.45) is 0. The molecule has 0 spiro atoms. The SMILES string of the molecule is COc1ccc(C(=O)N(C)N)c(F)c1. The molecule has 0 saturated heterocycles. The van der Waals surface area contributed by atoms with Crippen LogP contribution < -0.4 is 10.6 Å². The summed E-state index contributed by atoms with van der Waals surface area (Å²) in [7, 11) is 2.78. The van der Waals surface area contributed by atoms with Gasteiger partial charge in [0.2, 0.25) is 0 Å². The van der Waals surface area contributed by atoms with E-state index in [0.717, 1.165) is 11.1 Å². The van der Waals surface area contributed by atoms with Crippen LogP contribution in [0.5, 0.6) is 5.75 Å². The van der Waals surface area contributed by atoms with E-state index in [1.165, 1.54) is 26.3 Å². The van der Waals surface area contributed by atoms with Crippen molar-refractivity contribution in [3.05, 3.63) is 29.6 Å². The number of nitrogens with zero attached hydrogens (tertiary/aromatic N) is 1. The normalized spacial score (nSPS) is 9.71. The van der Waals surface area contributed by atoms with Crippen molar-refractivity contribution < 1.29 is 13.9 Å². The number of hydrogen-bond acceptors (Lipinski definition) is 3. The fourth-order valence-corrected chi connectivity index (χ4v) is 0.986. The number of methoxy groups -OCH3 is 1. The average molecular weight is 198 g/mol. The van der Waals surface area contributed by atoms with Crippen LogP contribution in [0, 0.1) is 5.82 Å². The lowest BCUT2D eigenvalue weighted by Crippen LogP contribution is -2.33. The molecule has 1 rings (SSSR count). The quantitative estimate of drug-likeness (QED) is 0.434. The molecule has 0 radical (unpaired) electrons. The maximum Gasteiger partial charge on any atom is 0.270 e. The van der Waals surface area contributed by atoms with Gasteiger partial charge in [-0.3, -0.25) is 9.80 Å². The zero-order valence-electron chi connectivity index (χ0n) is 7.95. The summed E-state index contributed by atoms with van der Waals surface area (Å²) in [6.45, 7) is 0. The summed E-state index contributed by atoms with van der Waals surface area (Å²) in [5.74, 6) is 4.33. The molecule has 76 valence electrons. The molecule has 14 heavy (non-hydrogen) atoms. The largest absolute Gasteiger partial charge is 0.497 e. The van der Waals surface area contributed by atoms with Gasteiger partial charge in [-0.05, 0) is 12.1 Å². The first kappa shape index (κ1) is 10.5. The third-order valence-electron chi connectivity index (χ3n) is 1.73. The van der Waals surface area contributed by atoms with E-state index >= 15 is 0 Å². The van der Waals surface area contributed by atoms with E-state index in [2.05, 4.69) is 0 Å². The molecule has 0 aliphatic heterocycles. The fraction of sp³-hybridized carbons (Fsp3) is 0.222. The predicted molar refractivity (Wildman–Crippen MR) is 49.2 cm³/mol. The van der Waals surface area contributed by atoms with Gasteiger partial charge in [-0.1, -0.05) is 0 Å². The third kappa shape index (κ3) is 2.00. The molecule has 0 heterocycles. The average Bonchev–Trinajstić information content (AvgIpc) is 2.16. The molecular formula is C9H11FN2O2. The van der Waals surface area contributed by atoms with Crippen LogP contribution in [0.25, 0.3) is 0 Å². The Morgan fingerprint density at radius 1 is 1.57 bits per heavy atom. The van der Waals surface area contributed by atoms with E-state index in [4.69, 9.17) is 10.6 Å². The van der Waals surface area contributed by atoms with Crippen LogP contribution >= 0.6 is 0 Å². The molecule has 0 aliphatic rings. The zero-order chi connectivity index (χ0) is 10.7. The van der Waals surface area contributed by atoms with Crippen molar-refractivity contribution in [1.82, 2.24) is 5.01 Å². The van der Waals surface area contributed by atoms with Crippen LogP contribution in [0.4, 0.5) is 4.39 Å². The van der Waals surface area contributed by atoms with Gasteiger partial charge in [-0.2, -0.15) is 0 Å². The molecule has 0 bridgehead atoms. The molecule has 0 aliphatic carbocycles. The van der Waals surface area contributed by atoms with Gasteiger partial charge in [-0.15, -0.1) is 0 Å². The molecule has 2 N–H and O–H groups in total. The van der Waals surface area contributed by atoms with E-state index in [0.29, 0.717) is 5.75 Å². The van der Waals surface area contributed by atoms with Crippen molar-refractivity contribution in [2.24, 2.45) is 5.84 Å². The van der Waals surface area contributed by atoms with Crippen molar-refractivity contribution in [3.63, 3.8) is 0 Å². The molecule has 0 fully saturated rings. The molecule has 0 unspecified atom stereocenters. The van der Waals surface area contributed by atoms with Crippen molar-refractivity contribution in [3.8, 4) is 5.75 Å². The third-order valence-corrected chi connectivity index (χ3v) is 1.73. The first-order chi connectivity index (χ1) is 6.56. The highest BCUT2D eigenvalue weighted by Crippen LogP contribution is 2.16. The Kier molecular flexibility index (Phi) is 3.03. The molecule has 4 nitrogen and oxygen atoms in total. The second-order valence-corrected chi connectivity index (χ2v) is 2.76. The highest BCUT2D eigenvalue weighted by Gasteiger charge is 2.14. The first-order valence-electron chi connectivity index (χ1n) is 3.92. The fourth-order valence-electron chi connectivity index (χ4n) is 0.986. The van der Waals surface area contributed by atoms with E-state index in [-0.39, 0.29) is 5.56 Å². The standard InChI is InChI=1S/C9H11FN2O2/c1-12(11)9(13)7-4-3-6(14-2)5-8(7)10/h3-5H,11H2,1-2H3. The van der Waals surface area contributed by atoms with Crippen LogP contribution in [0.2, 0.25) is 0 Å². The molecule has 1 aromatic carbocycles. The lowest BCUT2D eigenvalue weighted by molar-refractivity contribution is 0.0790. The van der Waals surface area contributed by atoms with Gasteiger partial charge in [-0.25, -0.2) is 10.2 Å². The maximum atomic E-state index is 13.3. The number of rotatable bonds is 2. The number of nitrogens with two attached hydrogens (primary N) is 1. The van der Waals surface area contributed by atoms with Crippen molar-refractivity contribution in [2.75, 3.05) is 14.2 Å². The summed E-state index contributed by atoms with van der Waals surface area (Å²) in [5.41, 5.74) is -0.0733. The number of carbonyl (C=O) groups excluding carboxylic acids is 1. The minimum atomic E-state index is -0.647. The highest BCUT2D eigenvalue weighted by atomic mass is 19.1. The molecule has 1 amide bonds. The number of hydrogen-bond donors (Lipinski definition) is 1. The topological polar surface area (TPSA) is 55.6 Å². The van der Waals surface area contributed by atoms with Crippen LogP contribution in [-0.4, -0.2) is 25.1 Å². The maximum absolute atomic E-state index is 13.3. The van der Waals surface area contributed by atoms with Crippen LogP contribution in [0.1, 0.15) is 10.4 Å². The molecular weight excluding hydrogens is 187 g/mol. The van der Waals surface area contributed by atoms with Gasteiger partial charge in [0.05, 0.1) is 12.7 Å². The number of carbonyl (C=O) groups is 1. The minimum Gasteiger partial charge on any atom is -0.497 e. The van der Waals surface area contributed by atoms with Gasteiger partial charge in [0.15, 0.2) is 0 Å². The Morgan fingerprint density at radius 3 is 2.64 bits per heavy atom. The Bertz CT molecular complexity index is 353. The predicted octanol–water partition coefficient (Wildman–Crippen LogP) is 0.780. The number of ether oxygens (including phenoxy) is 1.